The largest absolute Gasteiger partial charge is 0.493 e. The molecule has 10 heteroatoms. The second kappa shape index (κ2) is 16.9. The molecule has 1 aromatic heterocycles. The van der Waals surface area contributed by atoms with Crippen LogP contribution in [0.25, 0.3) is 10.6 Å². The number of methoxy groups -OCH3 is 1. The van der Waals surface area contributed by atoms with Gasteiger partial charge in [-0.15, -0.1) is 0 Å². The average Bonchev–Trinajstić information content (AvgIpc) is 3.54. The summed E-state index contributed by atoms with van der Waals surface area (Å²) >= 11 is 4.69. The van der Waals surface area contributed by atoms with Crippen LogP contribution in [0.5, 0.6) is 28.7 Å². The van der Waals surface area contributed by atoms with Crippen molar-refractivity contribution in [3.05, 3.63) is 112 Å². The molecule has 0 amide bonds. The van der Waals surface area contributed by atoms with Crippen molar-refractivity contribution in [3.63, 3.8) is 0 Å². The first-order valence-electron chi connectivity index (χ1n) is 15.6. The number of para-hydroxylation sites is 1. The highest BCUT2D eigenvalue weighted by Crippen LogP contribution is 2.39. The van der Waals surface area contributed by atoms with Crippen molar-refractivity contribution < 1.29 is 28.5 Å². The minimum Gasteiger partial charge on any atom is -0.493 e. The Morgan fingerprint density at radius 2 is 1.53 bits per heavy atom. The van der Waals surface area contributed by atoms with E-state index in [-0.39, 0.29) is 0 Å². The third kappa shape index (κ3) is 8.90. The molecule has 0 radical (unpaired) electrons. The summed E-state index contributed by atoms with van der Waals surface area (Å²) in [4.78, 5) is 16.8. The zero-order valence-electron chi connectivity index (χ0n) is 26.7. The number of ether oxygens (including phenoxy) is 5. The second-order valence-electron chi connectivity index (χ2n) is 10.6. The van der Waals surface area contributed by atoms with Crippen molar-refractivity contribution in [1.82, 2.24) is 9.36 Å². The number of halogens is 1. The van der Waals surface area contributed by atoms with E-state index in [0.29, 0.717) is 53.8 Å². The van der Waals surface area contributed by atoms with Gasteiger partial charge in [-0.05, 0) is 81.8 Å². The topological polar surface area (TPSA) is 89.0 Å². The molecule has 0 bridgehead atoms. The molecule has 0 unspecified atom stereocenters. The van der Waals surface area contributed by atoms with E-state index < -0.39 is 5.97 Å². The van der Waals surface area contributed by atoms with E-state index in [9.17, 15) is 4.79 Å². The molecule has 0 atom stereocenters. The maximum absolute atomic E-state index is 12.3. The van der Waals surface area contributed by atoms with E-state index in [1.807, 2.05) is 60.7 Å². The van der Waals surface area contributed by atoms with Gasteiger partial charge in [0, 0.05) is 18.1 Å². The third-order valence-electron chi connectivity index (χ3n) is 7.32. The fraction of sp³-hybridized carbons (Fsp3) is 0.270. The molecular weight excluding hydrogens is 680 g/mol. The lowest BCUT2D eigenvalue weighted by Gasteiger charge is -2.18. The van der Waals surface area contributed by atoms with E-state index in [1.165, 1.54) is 18.6 Å². The molecule has 5 rings (SSSR count). The van der Waals surface area contributed by atoms with Crippen LogP contribution in [0.3, 0.4) is 0 Å². The number of benzene rings is 4. The molecule has 0 spiro atoms. The maximum Gasteiger partial charge on any atom is 0.341 e. The Balaban J connectivity index is 1.26. The number of carbonyl (C=O) groups excluding carboxylic acids is 1. The van der Waals surface area contributed by atoms with Gasteiger partial charge in [0.05, 0.1) is 25.9 Å². The third-order valence-corrected chi connectivity index (χ3v) is 8.66. The number of rotatable bonds is 16. The number of aromatic nitrogens is 2. The monoisotopic (exact) mass is 716 g/mol. The Bertz CT molecular complexity index is 1780. The predicted octanol–water partition coefficient (Wildman–Crippen LogP) is 9.49. The van der Waals surface area contributed by atoms with Crippen LogP contribution in [0.1, 0.15) is 53.7 Å². The average molecular weight is 718 g/mol. The number of hydrogen-bond donors (Lipinski definition) is 0. The van der Waals surface area contributed by atoms with Gasteiger partial charge >= 0.3 is 5.97 Å². The molecule has 244 valence electrons. The normalized spacial score (nSPS) is 10.8. The highest BCUT2D eigenvalue weighted by molar-refractivity contribution is 9.10. The zero-order chi connectivity index (χ0) is 33.0. The molecule has 0 aliphatic rings. The van der Waals surface area contributed by atoms with Crippen LogP contribution in [0.4, 0.5) is 0 Å². The summed E-state index contributed by atoms with van der Waals surface area (Å²) in [7, 11) is 1.36. The standard InChI is InChI=1S/C37H37BrN2O6S/c1-4-13-27-30(18-11-19-31(27)46-32-17-10-9-16-28(32)36(41)42-3)43-20-12-21-44-33-23-34(45-24-25-14-7-6-8-15-25)29(22-26(33)5-2)35-39-37(38)40-47-35/h6-11,14-19,22-23H,4-5,12-13,20-21,24H2,1-3H3. The van der Waals surface area contributed by atoms with Gasteiger partial charge in [0.25, 0.3) is 0 Å². The molecule has 4 aromatic carbocycles. The summed E-state index contributed by atoms with van der Waals surface area (Å²) in [5, 5.41) is 0.775. The van der Waals surface area contributed by atoms with Gasteiger partial charge in [-0.3, -0.25) is 0 Å². The Labute approximate surface area is 287 Å². The van der Waals surface area contributed by atoms with Gasteiger partial charge in [0.1, 0.15) is 45.9 Å². The highest BCUT2D eigenvalue weighted by Gasteiger charge is 2.18. The number of esters is 1. The van der Waals surface area contributed by atoms with Crippen LogP contribution < -0.4 is 18.9 Å². The van der Waals surface area contributed by atoms with Crippen molar-refractivity contribution in [2.45, 2.75) is 46.1 Å². The lowest BCUT2D eigenvalue weighted by Crippen LogP contribution is -2.08. The first-order valence-corrected chi connectivity index (χ1v) is 17.1. The highest BCUT2D eigenvalue weighted by atomic mass is 79.9. The SMILES string of the molecule is CCCc1c(OCCCOc2cc(OCc3ccccc3)c(-c3nc(Br)ns3)cc2CC)cccc1Oc1ccccc1C(=O)OC. The van der Waals surface area contributed by atoms with Crippen LogP contribution in [-0.2, 0) is 24.2 Å². The zero-order valence-corrected chi connectivity index (χ0v) is 29.1. The van der Waals surface area contributed by atoms with Crippen molar-refractivity contribution in [2.24, 2.45) is 0 Å². The molecular formula is C37H37BrN2O6S. The van der Waals surface area contributed by atoms with Crippen molar-refractivity contribution >= 4 is 33.4 Å². The quantitative estimate of drug-likeness (QED) is 0.0737. The van der Waals surface area contributed by atoms with Crippen LogP contribution in [0, 0.1) is 0 Å². The summed E-state index contributed by atoms with van der Waals surface area (Å²) in [5.41, 5.74) is 4.33. The van der Waals surface area contributed by atoms with Gasteiger partial charge in [0.2, 0.25) is 4.73 Å². The fourth-order valence-electron chi connectivity index (χ4n) is 5.00. The molecule has 5 aromatic rings. The van der Waals surface area contributed by atoms with Crippen molar-refractivity contribution in [1.29, 1.82) is 0 Å². The maximum atomic E-state index is 12.3. The molecule has 0 saturated heterocycles. The molecule has 0 saturated carbocycles. The molecule has 0 N–H and O–H groups in total. The van der Waals surface area contributed by atoms with Gasteiger partial charge in [-0.1, -0.05) is 68.8 Å². The number of hydrogen-bond acceptors (Lipinski definition) is 9. The smallest absolute Gasteiger partial charge is 0.341 e. The molecule has 0 aliphatic carbocycles. The second-order valence-corrected chi connectivity index (χ2v) is 12.0. The first kappa shape index (κ1) is 33.9. The predicted molar refractivity (Wildman–Crippen MR) is 187 cm³/mol. The van der Waals surface area contributed by atoms with E-state index in [2.05, 4.69) is 45.2 Å². The minimum absolute atomic E-state index is 0.366. The number of nitrogens with zero attached hydrogens (tertiary/aromatic N) is 2. The molecule has 8 nitrogen and oxygen atoms in total. The first-order chi connectivity index (χ1) is 23.0. The Hall–Kier alpha value is -4.41. The Morgan fingerprint density at radius 3 is 2.26 bits per heavy atom. The van der Waals surface area contributed by atoms with E-state index >= 15 is 0 Å². The van der Waals surface area contributed by atoms with Crippen molar-refractivity contribution in [3.8, 4) is 39.3 Å². The van der Waals surface area contributed by atoms with Crippen LogP contribution in [0.15, 0.2) is 89.7 Å². The lowest BCUT2D eigenvalue weighted by atomic mass is 10.1. The van der Waals surface area contributed by atoms with E-state index in [0.717, 1.165) is 58.0 Å². The molecule has 0 fully saturated rings. The van der Waals surface area contributed by atoms with Gasteiger partial charge in [-0.2, -0.15) is 4.37 Å². The summed E-state index contributed by atoms with van der Waals surface area (Å²) in [6.07, 6.45) is 3.10. The minimum atomic E-state index is -0.450. The number of carbonyl (C=O) groups is 1. The molecule has 47 heavy (non-hydrogen) atoms. The Morgan fingerprint density at radius 1 is 0.809 bits per heavy atom. The molecule has 1 heterocycles. The van der Waals surface area contributed by atoms with Gasteiger partial charge < -0.3 is 23.7 Å². The summed E-state index contributed by atoms with van der Waals surface area (Å²) < 4.78 is 34.9. The Kier molecular flexibility index (Phi) is 12.2. The van der Waals surface area contributed by atoms with E-state index in [1.54, 1.807) is 18.2 Å². The van der Waals surface area contributed by atoms with Crippen LogP contribution in [0.2, 0.25) is 0 Å². The molecule has 0 aliphatic heterocycles. The van der Waals surface area contributed by atoms with Crippen LogP contribution >= 0.6 is 27.5 Å². The van der Waals surface area contributed by atoms with E-state index in [4.69, 9.17) is 23.7 Å². The summed E-state index contributed by atoms with van der Waals surface area (Å²) in [6.45, 7) is 5.54. The fourth-order valence-corrected chi connectivity index (χ4v) is 6.10. The summed E-state index contributed by atoms with van der Waals surface area (Å²) in [6, 6.07) is 26.9. The van der Waals surface area contributed by atoms with Gasteiger partial charge in [0.15, 0.2) is 0 Å². The van der Waals surface area contributed by atoms with Crippen molar-refractivity contribution in [2.75, 3.05) is 20.3 Å². The van der Waals surface area contributed by atoms with Gasteiger partial charge in [-0.25, -0.2) is 9.78 Å². The summed E-state index contributed by atoms with van der Waals surface area (Å²) in [5.74, 6) is 2.85. The lowest BCUT2D eigenvalue weighted by molar-refractivity contribution is 0.0598. The number of aryl methyl sites for hydroxylation is 1. The van der Waals surface area contributed by atoms with Crippen LogP contribution in [-0.4, -0.2) is 35.7 Å².